The SMILES string of the molecule is CN(C)CCNCCN1CCN2CCCC2C1. The van der Waals surface area contributed by atoms with Crippen LogP contribution in [-0.4, -0.2) is 87.2 Å². The van der Waals surface area contributed by atoms with Gasteiger partial charge in [0.15, 0.2) is 0 Å². The molecule has 4 heteroatoms. The second-order valence-corrected chi connectivity index (χ2v) is 5.69. The minimum atomic E-state index is 0.866. The van der Waals surface area contributed by atoms with Crippen LogP contribution in [0.2, 0.25) is 0 Å². The number of hydrogen-bond donors (Lipinski definition) is 1. The van der Waals surface area contributed by atoms with Gasteiger partial charge in [-0.2, -0.15) is 0 Å². The molecule has 0 aromatic carbocycles. The first-order chi connectivity index (χ1) is 8.25. The third-order valence-electron chi connectivity index (χ3n) is 4.01. The average molecular weight is 240 g/mol. The highest BCUT2D eigenvalue weighted by atomic mass is 15.3. The lowest BCUT2D eigenvalue weighted by atomic mass is 10.1. The first kappa shape index (κ1) is 13.3. The molecule has 2 aliphatic heterocycles. The third-order valence-corrected chi connectivity index (χ3v) is 4.01. The lowest BCUT2D eigenvalue weighted by Gasteiger charge is -2.37. The molecule has 0 amide bonds. The van der Waals surface area contributed by atoms with Crippen molar-refractivity contribution in [3.63, 3.8) is 0 Å². The minimum Gasteiger partial charge on any atom is -0.314 e. The summed E-state index contributed by atoms with van der Waals surface area (Å²) in [6.45, 7) is 9.81. The van der Waals surface area contributed by atoms with Gasteiger partial charge in [0.2, 0.25) is 0 Å². The first-order valence-electron chi connectivity index (χ1n) is 7.07. The molecule has 2 saturated heterocycles. The molecule has 1 N–H and O–H groups in total. The maximum absolute atomic E-state index is 3.53. The Bertz CT molecular complexity index is 219. The predicted molar refractivity (Wildman–Crippen MR) is 72.5 cm³/mol. The third kappa shape index (κ3) is 4.21. The average Bonchev–Trinajstić information content (AvgIpc) is 2.75. The van der Waals surface area contributed by atoms with Crippen LogP contribution in [0.15, 0.2) is 0 Å². The zero-order valence-electron chi connectivity index (χ0n) is 11.5. The van der Waals surface area contributed by atoms with Crippen LogP contribution in [-0.2, 0) is 0 Å². The van der Waals surface area contributed by atoms with Gasteiger partial charge in [0.1, 0.15) is 0 Å². The standard InChI is InChI=1S/C13H28N4/c1-15(2)8-5-14-6-9-16-10-11-17-7-3-4-13(17)12-16/h13-14H,3-12H2,1-2H3. The van der Waals surface area contributed by atoms with E-state index in [2.05, 4.69) is 34.1 Å². The van der Waals surface area contributed by atoms with Gasteiger partial charge >= 0.3 is 0 Å². The molecule has 0 aromatic rings. The molecule has 2 heterocycles. The van der Waals surface area contributed by atoms with Gasteiger partial charge in [0.25, 0.3) is 0 Å². The number of likely N-dealkylation sites (N-methyl/N-ethyl adjacent to an activating group) is 1. The Kier molecular flexibility index (Phi) is 5.22. The fourth-order valence-corrected chi connectivity index (χ4v) is 2.92. The molecular formula is C13H28N4. The van der Waals surface area contributed by atoms with Crippen LogP contribution in [0.5, 0.6) is 0 Å². The molecule has 100 valence electrons. The second-order valence-electron chi connectivity index (χ2n) is 5.69. The summed E-state index contributed by atoms with van der Waals surface area (Å²) in [5.74, 6) is 0. The van der Waals surface area contributed by atoms with Gasteiger partial charge in [-0.1, -0.05) is 0 Å². The van der Waals surface area contributed by atoms with Crippen LogP contribution in [0.4, 0.5) is 0 Å². The predicted octanol–water partition coefficient (Wildman–Crippen LogP) is -0.0824. The molecule has 4 nitrogen and oxygen atoms in total. The summed E-state index contributed by atoms with van der Waals surface area (Å²) in [6.07, 6.45) is 2.84. The molecule has 1 unspecified atom stereocenters. The Labute approximate surface area is 106 Å². The molecule has 2 fully saturated rings. The van der Waals surface area contributed by atoms with Crippen molar-refractivity contribution in [2.24, 2.45) is 0 Å². The van der Waals surface area contributed by atoms with E-state index in [-0.39, 0.29) is 0 Å². The number of nitrogens with one attached hydrogen (secondary N) is 1. The molecule has 0 radical (unpaired) electrons. The Morgan fingerprint density at radius 1 is 1.18 bits per heavy atom. The lowest BCUT2D eigenvalue weighted by molar-refractivity contribution is 0.105. The monoisotopic (exact) mass is 240 g/mol. The van der Waals surface area contributed by atoms with E-state index in [1.807, 2.05) is 0 Å². The van der Waals surface area contributed by atoms with Gasteiger partial charge in [-0.25, -0.2) is 0 Å². The number of rotatable bonds is 6. The van der Waals surface area contributed by atoms with Crippen molar-refractivity contribution in [1.82, 2.24) is 20.0 Å². The van der Waals surface area contributed by atoms with Crippen molar-refractivity contribution in [3.8, 4) is 0 Å². The summed E-state index contributed by atoms with van der Waals surface area (Å²) >= 11 is 0. The molecule has 0 saturated carbocycles. The van der Waals surface area contributed by atoms with E-state index >= 15 is 0 Å². The highest BCUT2D eigenvalue weighted by Gasteiger charge is 2.29. The zero-order chi connectivity index (χ0) is 12.1. The van der Waals surface area contributed by atoms with E-state index in [9.17, 15) is 0 Å². The topological polar surface area (TPSA) is 21.8 Å². The Hall–Kier alpha value is -0.160. The van der Waals surface area contributed by atoms with Gasteiger partial charge in [-0.3, -0.25) is 9.80 Å². The van der Waals surface area contributed by atoms with Gasteiger partial charge in [-0.05, 0) is 33.5 Å². The van der Waals surface area contributed by atoms with E-state index in [0.29, 0.717) is 0 Å². The molecule has 17 heavy (non-hydrogen) atoms. The largest absolute Gasteiger partial charge is 0.314 e. The Balaban J connectivity index is 1.54. The second kappa shape index (κ2) is 6.69. The normalized spacial score (nSPS) is 26.6. The Morgan fingerprint density at radius 2 is 2.06 bits per heavy atom. The summed E-state index contributed by atoms with van der Waals surface area (Å²) in [6, 6.07) is 0.866. The molecule has 1 atom stereocenters. The molecule has 0 spiro atoms. The van der Waals surface area contributed by atoms with Crippen LogP contribution < -0.4 is 5.32 Å². The summed E-state index contributed by atoms with van der Waals surface area (Å²) in [5, 5.41) is 3.53. The van der Waals surface area contributed by atoms with E-state index in [0.717, 1.165) is 25.7 Å². The molecule has 0 aromatic heterocycles. The summed E-state index contributed by atoms with van der Waals surface area (Å²) in [5.41, 5.74) is 0. The van der Waals surface area contributed by atoms with Crippen LogP contribution in [0.25, 0.3) is 0 Å². The van der Waals surface area contributed by atoms with Crippen LogP contribution in [0.3, 0.4) is 0 Å². The first-order valence-corrected chi connectivity index (χ1v) is 7.07. The number of hydrogen-bond acceptors (Lipinski definition) is 4. The van der Waals surface area contributed by atoms with Gasteiger partial charge in [0.05, 0.1) is 0 Å². The molecule has 0 aliphatic carbocycles. The molecule has 0 bridgehead atoms. The van der Waals surface area contributed by atoms with Gasteiger partial charge < -0.3 is 10.2 Å². The van der Waals surface area contributed by atoms with E-state index in [1.165, 1.54) is 45.6 Å². The summed E-state index contributed by atoms with van der Waals surface area (Å²) < 4.78 is 0. The van der Waals surface area contributed by atoms with E-state index in [4.69, 9.17) is 0 Å². The van der Waals surface area contributed by atoms with Gasteiger partial charge in [-0.15, -0.1) is 0 Å². The maximum atomic E-state index is 3.53. The quantitative estimate of drug-likeness (QED) is 0.656. The van der Waals surface area contributed by atoms with Crippen molar-refractivity contribution in [2.75, 3.05) is 66.5 Å². The van der Waals surface area contributed by atoms with Crippen LogP contribution in [0.1, 0.15) is 12.8 Å². The smallest absolute Gasteiger partial charge is 0.0224 e. The lowest BCUT2D eigenvalue weighted by Crippen LogP contribution is -2.51. The highest BCUT2D eigenvalue weighted by molar-refractivity contribution is 4.86. The maximum Gasteiger partial charge on any atom is 0.0224 e. The molecule has 2 aliphatic rings. The van der Waals surface area contributed by atoms with Crippen LogP contribution in [0, 0.1) is 0 Å². The minimum absolute atomic E-state index is 0.866. The van der Waals surface area contributed by atoms with Crippen molar-refractivity contribution in [1.29, 1.82) is 0 Å². The fourth-order valence-electron chi connectivity index (χ4n) is 2.92. The number of fused-ring (bicyclic) bond motifs is 1. The van der Waals surface area contributed by atoms with Crippen molar-refractivity contribution in [2.45, 2.75) is 18.9 Å². The number of piperazine rings is 1. The van der Waals surface area contributed by atoms with Gasteiger partial charge in [0, 0.05) is 51.9 Å². The molecule has 2 rings (SSSR count). The van der Waals surface area contributed by atoms with Crippen molar-refractivity contribution >= 4 is 0 Å². The van der Waals surface area contributed by atoms with E-state index < -0.39 is 0 Å². The Morgan fingerprint density at radius 3 is 2.88 bits per heavy atom. The highest BCUT2D eigenvalue weighted by Crippen LogP contribution is 2.20. The molecular weight excluding hydrogens is 212 g/mol. The summed E-state index contributed by atoms with van der Waals surface area (Å²) in [7, 11) is 4.25. The van der Waals surface area contributed by atoms with Crippen molar-refractivity contribution < 1.29 is 0 Å². The number of nitrogens with zero attached hydrogens (tertiary/aromatic N) is 3. The van der Waals surface area contributed by atoms with E-state index in [1.54, 1.807) is 0 Å². The fraction of sp³-hybridized carbons (Fsp3) is 1.00. The zero-order valence-corrected chi connectivity index (χ0v) is 11.5. The van der Waals surface area contributed by atoms with Crippen LogP contribution >= 0.6 is 0 Å². The van der Waals surface area contributed by atoms with Crippen molar-refractivity contribution in [3.05, 3.63) is 0 Å². The summed E-state index contributed by atoms with van der Waals surface area (Å²) in [4.78, 5) is 7.54.